The van der Waals surface area contributed by atoms with E-state index in [-0.39, 0.29) is 11.6 Å². The van der Waals surface area contributed by atoms with Crippen LogP contribution in [0.5, 0.6) is 0 Å². The maximum Gasteiger partial charge on any atom is 0.130 e. The largest absolute Gasteiger partial charge is 0.307 e. The van der Waals surface area contributed by atoms with Crippen molar-refractivity contribution >= 4 is 11.8 Å². The van der Waals surface area contributed by atoms with Gasteiger partial charge in [0.1, 0.15) is 11.6 Å². The number of nitrogens with one attached hydrogen (secondary N) is 1. The highest BCUT2D eigenvalue weighted by atomic mass is 32.2. The molecule has 106 valence electrons. The molecule has 0 amide bonds. The highest BCUT2D eigenvalue weighted by molar-refractivity contribution is 7.99. The number of halogens is 2. The molecule has 0 aromatic heterocycles. The Morgan fingerprint density at radius 3 is 2.58 bits per heavy atom. The van der Waals surface area contributed by atoms with Gasteiger partial charge in [-0.15, -0.1) is 0 Å². The Bertz CT molecular complexity index is 404. The molecule has 3 unspecified atom stereocenters. The third-order valence-electron chi connectivity index (χ3n) is 3.88. The Hall–Kier alpha value is -0.610. The average molecular weight is 285 g/mol. The van der Waals surface area contributed by atoms with Crippen molar-refractivity contribution in [2.24, 2.45) is 0 Å². The van der Waals surface area contributed by atoms with Gasteiger partial charge in [-0.3, -0.25) is 0 Å². The van der Waals surface area contributed by atoms with Crippen LogP contribution in [-0.4, -0.2) is 17.5 Å². The summed E-state index contributed by atoms with van der Waals surface area (Å²) in [7, 11) is 0. The van der Waals surface area contributed by atoms with E-state index < -0.39 is 11.6 Å². The molecule has 1 aliphatic rings. The lowest BCUT2D eigenvalue weighted by Crippen LogP contribution is -2.37. The summed E-state index contributed by atoms with van der Waals surface area (Å²) < 4.78 is 27.4. The maximum absolute atomic E-state index is 13.7. The first-order valence-corrected chi connectivity index (χ1v) is 8.13. The fourth-order valence-corrected chi connectivity index (χ4v) is 3.70. The molecule has 2 rings (SSSR count). The van der Waals surface area contributed by atoms with E-state index in [9.17, 15) is 8.78 Å². The lowest BCUT2D eigenvalue weighted by Gasteiger charge is -2.31. The van der Waals surface area contributed by atoms with Gasteiger partial charge in [-0.2, -0.15) is 11.8 Å². The van der Waals surface area contributed by atoms with Crippen molar-refractivity contribution in [1.82, 2.24) is 5.32 Å². The van der Waals surface area contributed by atoms with Crippen LogP contribution in [0.4, 0.5) is 8.78 Å². The van der Waals surface area contributed by atoms with Crippen LogP contribution in [0.15, 0.2) is 18.2 Å². The lowest BCUT2D eigenvalue weighted by atomic mass is 9.93. The van der Waals surface area contributed by atoms with Crippen LogP contribution in [0.1, 0.15) is 44.2 Å². The molecule has 0 heterocycles. The zero-order valence-electron chi connectivity index (χ0n) is 11.5. The van der Waals surface area contributed by atoms with E-state index in [0.29, 0.717) is 11.3 Å². The molecule has 1 N–H and O–H groups in total. The predicted molar refractivity (Wildman–Crippen MR) is 77.5 cm³/mol. The fraction of sp³-hybridized carbons (Fsp3) is 0.600. The van der Waals surface area contributed by atoms with E-state index in [0.717, 1.165) is 12.8 Å². The van der Waals surface area contributed by atoms with Crippen LogP contribution in [0, 0.1) is 11.6 Å². The Morgan fingerprint density at radius 1 is 1.26 bits per heavy atom. The number of rotatable bonds is 4. The summed E-state index contributed by atoms with van der Waals surface area (Å²) in [5, 5.41) is 4.06. The first-order chi connectivity index (χ1) is 9.11. The molecular weight excluding hydrogens is 264 g/mol. The molecule has 19 heavy (non-hydrogen) atoms. The minimum Gasteiger partial charge on any atom is -0.307 e. The minimum absolute atomic E-state index is 0.161. The molecule has 0 bridgehead atoms. The summed E-state index contributed by atoms with van der Waals surface area (Å²) in [5.74, 6) is -0.922. The summed E-state index contributed by atoms with van der Waals surface area (Å²) in [6.45, 7) is 1.84. The number of thioether (sulfide) groups is 1. The zero-order valence-corrected chi connectivity index (χ0v) is 12.3. The van der Waals surface area contributed by atoms with E-state index in [4.69, 9.17) is 0 Å². The second-order valence-corrected chi connectivity index (χ2v) is 6.38. The van der Waals surface area contributed by atoms with Crippen LogP contribution < -0.4 is 5.32 Å². The summed E-state index contributed by atoms with van der Waals surface area (Å²) in [6.07, 6.45) is 6.75. The van der Waals surface area contributed by atoms with Crippen LogP contribution in [-0.2, 0) is 0 Å². The van der Waals surface area contributed by atoms with Crippen molar-refractivity contribution in [3.05, 3.63) is 35.4 Å². The second-order valence-electron chi connectivity index (χ2n) is 5.24. The Balaban J connectivity index is 2.02. The molecule has 0 spiro atoms. The average Bonchev–Trinajstić information content (AvgIpc) is 2.38. The van der Waals surface area contributed by atoms with Crippen LogP contribution in [0.25, 0.3) is 0 Å². The van der Waals surface area contributed by atoms with E-state index >= 15 is 0 Å². The molecule has 1 aromatic rings. The van der Waals surface area contributed by atoms with Gasteiger partial charge in [0.15, 0.2) is 0 Å². The smallest absolute Gasteiger partial charge is 0.130 e. The first kappa shape index (κ1) is 14.8. The quantitative estimate of drug-likeness (QED) is 0.885. The summed E-state index contributed by atoms with van der Waals surface area (Å²) in [4.78, 5) is 0. The van der Waals surface area contributed by atoms with Crippen LogP contribution in [0.3, 0.4) is 0 Å². The standard InChI is InChI=1S/C15H21F2NS/c1-10(15-13(16)7-4-8-14(15)17)18-11-5-3-6-12(9-11)19-2/h4,7-8,10-12,18H,3,5-6,9H2,1-2H3. The van der Waals surface area contributed by atoms with Gasteiger partial charge in [0.05, 0.1) is 0 Å². The molecule has 3 atom stereocenters. The van der Waals surface area contributed by atoms with E-state index in [2.05, 4.69) is 11.6 Å². The minimum atomic E-state index is -0.461. The molecule has 1 saturated carbocycles. The maximum atomic E-state index is 13.7. The summed E-state index contributed by atoms with van der Waals surface area (Å²) >= 11 is 1.89. The van der Waals surface area contributed by atoms with Crippen LogP contribution in [0.2, 0.25) is 0 Å². The molecule has 1 aliphatic carbocycles. The monoisotopic (exact) mass is 285 g/mol. The number of hydrogen-bond donors (Lipinski definition) is 1. The van der Waals surface area contributed by atoms with Crippen molar-refractivity contribution in [2.75, 3.05) is 6.26 Å². The van der Waals surface area contributed by atoms with Crippen molar-refractivity contribution in [2.45, 2.75) is 49.9 Å². The van der Waals surface area contributed by atoms with Gasteiger partial charge in [-0.05, 0) is 44.6 Å². The Labute approximate surface area is 118 Å². The van der Waals surface area contributed by atoms with Gasteiger partial charge in [-0.1, -0.05) is 12.5 Å². The van der Waals surface area contributed by atoms with Gasteiger partial charge in [-0.25, -0.2) is 8.78 Å². The lowest BCUT2D eigenvalue weighted by molar-refractivity contribution is 0.344. The number of hydrogen-bond acceptors (Lipinski definition) is 2. The Kier molecular flexibility index (Phi) is 5.22. The second kappa shape index (κ2) is 6.71. The third-order valence-corrected chi connectivity index (χ3v) is 4.97. The topological polar surface area (TPSA) is 12.0 Å². The van der Waals surface area contributed by atoms with Gasteiger partial charge in [0.2, 0.25) is 0 Å². The van der Waals surface area contributed by atoms with Gasteiger partial charge < -0.3 is 5.32 Å². The van der Waals surface area contributed by atoms with Gasteiger partial charge in [0.25, 0.3) is 0 Å². The van der Waals surface area contributed by atoms with E-state index in [1.807, 2.05) is 18.7 Å². The summed E-state index contributed by atoms with van der Waals surface area (Å²) in [6, 6.07) is 4.13. The first-order valence-electron chi connectivity index (χ1n) is 6.84. The molecule has 0 aliphatic heterocycles. The molecule has 1 aromatic carbocycles. The highest BCUT2D eigenvalue weighted by Gasteiger charge is 2.24. The van der Waals surface area contributed by atoms with E-state index in [1.165, 1.54) is 31.0 Å². The third kappa shape index (κ3) is 3.69. The number of benzene rings is 1. The van der Waals surface area contributed by atoms with Crippen molar-refractivity contribution in [3.63, 3.8) is 0 Å². The molecule has 1 fully saturated rings. The van der Waals surface area contributed by atoms with Crippen molar-refractivity contribution in [3.8, 4) is 0 Å². The molecule has 4 heteroatoms. The van der Waals surface area contributed by atoms with E-state index in [1.54, 1.807) is 0 Å². The van der Waals surface area contributed by atoms with Crippen LogP contribution >= 0.6 is 11.8 Å². The molecule has 1 nitrogen and oxygen atoms in total. The zero-order chi connectivity index (χ0) is 13.8. The van der Waals surface area contributed by atoms with Gasteiger partial charge in [0, 0.05) is 22.9 Å². The highest BCUT2D eigenvalue weighted by Crippen LogP contribution is 2.29. The van der Waals surface area contributed by atoms with Crippen molar-refractivity contribution in [1.29, 1.82) is 0 Å². The Morgan fingerprint density at radius 2 is 1.95 bits per heavy atom. The summed E-state index contributed by atoms with van der Waals surface area (Å²) in [5.41, 5.74) is 0.161. The predicted octanol–water partition coefficient (Wildman–Crippen LogP) is 4.29. The SMILES string of the molecule is CSC1CCCC(NC(C)c2c(F)cccc2F)C1. The molecule has 0 saturated heterocycles. The van der Waals surface area contributed by atoms with Gasteiger partial charge >= 0.3 is 0 Å². The van der Waals surface area contributed by atoms with Crippen molar-refractivity contribution < 1.29 is 8.78 Å². The fourth-order valence-electron chi connectivity index (χ4n) is 2.87. The molecule has 0 radical (unpaired) electrons. The normalized spacial score (nSPS) is 25.3. The molecular formula is C15H21F2NS.